The summed E-state index contributed by atoms with van der Waals surface area (Å²) < 4.78 is 5.40. The van der Waals surface area contributed by atoms with Crippen LogP contribution in [0.1, 0.15) is 31.1 Å². The standard InChI is InChI=1S/C24H17ClN2O4/c1-2-13-31-17-10-7-15(8-11-17)22(28)26-16-9-12-21(20(25)14-16)27-23(29)18-5-3-4-6-19(18)24(27)30/h2-12,14H,1,13H2,(H,26,28). The van der Waals surface area contributed by atoms with E-state index >= 15 is 0 Å². The van der Waals surface area contributed by atoms with E-state index in [0.717, 1.165) is 4.90 Å². The van der Waals surface area contributed by atoms with Crippen LogP contribution >= 0.6 is 11.6 Å². The zero-order valence-electron chi connectivity index (χ0n) is 16.3. The number of nitrogens with zero attached hydrogens (tertiary/aromatic N) is 1. The molecule has 0 aliphatic carbocycles. The van der Waals surface area contributed by atoms with Gasteiger partial charge < -0.3 is 10.1 Å². The second-order valence-electron chi connectivity index (χ2n) is 6.74. The number of anilines is 2. The number of fused-ring (bicyclic) bond motifs is 1. The van der Waals surface area contributed by atoms with Crippen LogP contribution in [0.3, 0.4) is 0 Å². The number of halogens is 1. The number of hydrogen-bond donors (Lipinski definition) is 1. The molecule has 0 saturated heterocycles. The summed E-state index contributed by atoms with van der Waals surface area (Å²) in [5.74, 6) is -0.569. The molecular formula is C24H17ClN2O4. The summed E-state index contributed by atoms with van der Waals surface area (Å²) >= 11 is 6.36. The van der Waals surface area contributed by atoms with Crippen molar-refractivity contribution in [1.29, 1.82) is 0 Å². The second kappa shape index (κ2) is 8.45. The van der Waals surface area contributed by atoms with E-state index < -0.39 is 11.8 Å². The molecule has 6 nitrogen and oxygen atoms in total. The summed E-state index contributed by atoms with van der Waals surface area (Å²) in [6.07, 6.45) is 1.63. The van der Waals surface area contributed by atoms with Crippen molar-refractivity contribution >= 4 is 40.7 Å². The molecule has 1 heterocycles. The molecule has 0 atom stereocenters. The Morgan fingerprint density at radius 3 is 2.23 bits per heavy atom. The zero-order chi connectivity index (χ0) is 22.0. The van der Waals surface area contributed by atoms with Crippen LogP contribution in [-0.2, 0) is 0 Å². The van der Waals surface area contributed by atoms with Gasteiger partial charge in [0.2, 0.25) is 0 Å². The normalized spacial score (nSPS) is 12.5. The zero-order valence-corrected chi connectivity index (χ0v) is 17.1. The van der Waals surface area contributed by atoms with Crippen LogP contribution in [0.15, 0.2) is 79.4 Å². The maximum absolute atomic E-state index is 12.7. The number of hydrogen-bond acceptors (Lipinski definition) is 4. The number of benzene rings is 3. The molecule has 1 N–H and O–H groups in total. The van der Waals surface area contributed by atoms with Gasteiger partial charge in [0.25, 0.3) is 17.7 Å². The third kappa shape index (κ3) is 3.93. The van der Waals surface area contributed by atoms with Gasteiger partial charge in [-0.05, 0) is 54.6 Å². The lowest BCUT2D eigenvalue weighted by molar-refractivity contribution is 0.0924. The highest BCUT2D eigenvalue weighted by atomic mass is 35.5. The van der Waals surface area contributed by atoms with Crippen LogP contribution in [0.2, 0.25) is 5.02 Å². The van der Waals surface area contributed by atoms with Crippen LogP contribution in [0.25, 0.3) is 0 Å². The Morgan fingerprint density at radius 2 is 1.65 bits per heavy atom. The van der Waals surface area contributed by atoms with Crippen LogP contribution in [0.4, 0.5) is 11.4 Å². The molecule has 7 heteroatoms. The third-order valence-electron chi connectivity index (χ3n) is 4.72. The molecule has 0 unspecified atom stereocenters. The summed E-state index contributed by atoms with van der Waals surface area (Å²) in [5.41, 5.74) is 1.80. The third-order valence-corrected chi connectivity index (χ3v) is 5.03. The van der Waals surface area contributed by atoms with E-state index in [1.807, 2.05) is 0 Å². The predicted molar refractivity (Wildman–Crippen MR) is 119 cm³/mol. The Morgan fingerprint density at radius 1 is 1.00 bits per heavy atom. The summed E-state index contributed by atoms with van der Waals surface area (Å²) in [7, 11) is 0. The van der Waals surface area contributed by atoms with Gasteiger partial charge in [-0.15, -0.1) is 0 Å². The predicted octanol–water partition coefficient (Wildman–Crippen LogP) is 4.96. The van der Waals surface area contributed by atoms with E-state index in [9.17, 15) is 14.4 Å². The van der Waals surface area contributed by atoms with E-state index in [1.54, 1.807) is 60.7 Å². The van der Waals surface area contributed by atoms with Gasteiger partial charge in [0.1, 0.15) is 12.4 Å². The molecule has 0 aromatic heterocycles. The Labute approximate surface area is 183 Å². The van der Waals surface area contributed by atoms with Crippen molar-refractivity contribution in [2.24, 2.45) is 0 Å². The van der Waals surface area contributed by atoms with Crippen molar-refractivity contribution in [2.45, 2.75) is 0 Å². The first kappa shape index (κ1) is 20.4. The summed E-state index contributed by atoms with van der Waals surface area (Å²) in [6.45, 7) is 3.96. The molecule has 1 aliphatic rings. The van der Waals surface area contributed by atoms with Crippen molar-refractivity contribution in [3.63, 3.8) is 0 Å². The largest absolute Gasteiger partial charge is 0.490 e. The van der Waals surface area contributed by atoms with E-state index in [0.29, 0.717) is 34.7 Å². The lowest BCUT2D eigenvalue weighted by atomic mass is 10.1. The Balaban J connectivity index is 1.51. The van der Waals surface area contributed by atoms with Gasteiger partial charge in [0.05, 0.1) is 21.8 Å². The smallest absolute Gasteiger partial charge is 0.266 e. The van der Waals surface area contributed by atoms with E-state index in [1.165, 1.54) is 12.1 Å². The van der Waals surface area contributed by atoms with E-state index in [-0.39, 0.29) is 16.6 Å². The molecule has 1 aliphatic heterocycles. The topological polar surface area (TPSA) is 75.7 Å². The van der Waals surface area contributed by atoms with Crippen molar-refractivity contribution in [3.05, 3.63) is 101 Å². The molecule has 0 bridgehead atoms. The minimum Gasteiger partial charge on any atom is -0.490 e. The highest BCUT2D eigenvalue weighted by molar-refractivity contribution is 6.40. The summed E-state index contributed by atoms with van der Waals surface area (Å²) in [4.78, 5) is 38.9. The van der Waals surface area contributed by atoms with Gasteiger partial charge in [0, 0.05) is 11.3 Å². The first-order valence-electron chi connectivity index (χ1n) is 9.42. The van der Waals surface area contributed by atoms with Crippen LogP contribution < -0.4 is 15.0 Å². The van der Waals surface area contributed by atoms with Crippen molar-refractivity contribution in [2.75, 3.05) is 16.8 Å². The number of ether oxygens (including phenoxy) is 1. The maximum atomic E-state index is 12.7. The summed E-state index contributed by atoms with van der Waals surface area (Å²) in [6, 6.07) is 17.9. The average Bonchev–Trinajstić information content (AvgIpc) is 3.03. The number of nitrogens with one attached hydrogen (secondary N) is 1. The van der Waals surface area contributed by atoms with E-state index in [2.05, 4.69) is 11.9 Å². The maximum Gasteiger partial charge on any atom is 0.266 e. The van der Waals surface area contributed by atoms with Crippen LogP contribution in [0.5, 0.6) is 5.75 Å². The molecule has 0 radical (unpaired) electrons. The molecule has 4 rings (SSSR count). The highest BCUT2D eigenvalue weighted by Gasteiger charge is 2.37. The fourth-order valence-corrected chi connectivity index (χ4v) is 3.50. The highest BCUT2D eigenvalue weighted by Crippen LogP contribution is 2.34. The molecule has 0 spiro atoms. The number of carbonyl (C=O) groups is 3. The minimum atomic E-state index is -0.432. The summed E-state index contributed by atoms with van der Waals surface area (Å²) in [5, 5.41) is 2.92. The SMILES string of the molecule is C=CCOc1ccc(C(=O)Nc2ccc(N3C(=O)c4ccccc4C3=O)c(Cl)c2)cc1. The van der Waals surface area contributed by atoms with Crippen molar-refractivity contribution in [1.82, 2.24) is 0 Å². The molecular weight excluding hydrogens is 416 g/mol. The quantitative estimate of drug-likeness (QED) is 0.441. The van der Waals surface area contributed by atoms with Crippen molar-refractivity contribution < 1.29 is 19.1 Å². The molecule has 154 valence electrons. The first-order chi connectivity index (χ1) is 15.0. The Hall–Kier alpha value is -3.90. The fraction of sp³-hybridized carbons (Fsp3) is 0.0417. The molecule has 3 aromatic rings. The van der Waals surface area contributed by atoms with Crippen LogP contribution in [0, 0.1) is 0 Å². The number of amides is 3. The van der Waals surface area contributed by atoms with Crippen molar-refractivity contribution in [3.8, 4) is 5.75 Å². The molecule has 3 aromatic carbocycles. The average molecular weight is 433 g/mol. The number of rotatable bonds is 6. The van der Waals surface area contributed by atoms with Gasteiger partial charge >= 0.3 is 0 Å². The fourth-order valence-electron chi connectivity index (χ4n) is 3.23. The lowest BCUT2D eigenvalue weighted by Gasteiger charge is -2.16. The van der Waals surface area contributed by atoms with E-state index in [4.69, 9.17) is 16.3 Å². The first-order valence-corrected chi connectivity index (χ1v) is 9.80. The number of imide groups is 1. The lowest BCUT2D eigenvalue weighted by Crippen LogP contribution is -2.29. The minimum absolute atomic E-state index is 0.167. The van der Waals surface area contributed by atoms with Crippen LogP contribution in [-0.4, -0.2) is 24.3 Å². The van der Waals surface area contributed by atoms with Gasteiger partial charge in [0.15, 0.2) is 0 Å². The molecule has 0 saturated carbocycles. The molecule has 31 heavy (non-hydrogen) atoms. The van der Waals surface area contributed by atoms with Gasteiger partial charge in [-0.25, -0.2) is 4.90 Å². The Kier molecular flexibility index (Phi) is 5.56. The van der Waals surface area contributed by atoms with Gasteiger partial charge in [-0.3, -0.25) is 14.4 Å². The van der Waals surface area contributed by atoms with Gasteiger partial charge in [-0.1, -0.05) is 36.4 Å². The second-order valence-corrected chi connectivity index (χ2v) is 7.14. The molecule has 0 fully saturated rings. The monoisotopic (exact) mass is 432 g/mol. The van der Waals surface area contributed by atoms with Gasteiger partial charge in [-0.2, -0.15) is 0 Å². The Bertz CT molecular complexity index is 1170. The molecule has 3 amide bonds. The number of carbonyl (C=O) groups excluding carboxylic acids is 3.